The Kier molecular flexibility index (Phi) is 4.99. The van der Waals surface area contributed by atoms with E-state index in [2.05, 4.69) is 22.3 Å². The van der Waals surface area contributed by atoms with E-state index in [1.807, 2.05) is 12.1 Å². The molecule has 0 aliphatic carbocycles. The van der Waals surface area contributed by atoms with Gasteiger partial charge in [0.05, 0.1) is 7.11 Å². The van der Waals surface area contributed by atoms with E-state index in [1.165, 1.54) is 10.5 Å². The molecule has 6 nitrogen and oxygen atoms in total. The Morgan fingerprint density at radius 3 is 2.76 bits per heavy atom. The molecule has 0 spiro atoms. The molecule has 2 saturated heterocycles. The summed E-state index contributed by atoms with van der Waals surface area (Å²) in [7, 11) is 1.68. The third-order valence-electron chi connectivity index (χ3n) is 5.16. The highest BCUT2D eigenvalue weighted by Gasteiger charge is 2.44. The molecule has 136 valence electrons. The van der Waals surface area contributed by atoms with E-state index in [0.717, 1.165) is 38.1 Å². The topological polar surface area (TPSA) is 61.9 Å². The van der Waals surface area contributed by atoms with Gasteiger partial charge in [-0.1, -0.05) is 12.1 Å². The van der Waals surface area contributed by atoms with Crippen molar-refractivity contribution in [3.8, 4) is 5.75 Å². The van der Waals surface area contributed by atoms with Crippen LogP contribution in [0.15, 0.2) is 24.3 Å². The Hall–Kier alpha value is -2.08. The summed E-state index contributed by atoms with van der Waals surface area (Å²) >= 11 is 0. The summed E-state index contributed by atoms with van der Waals surface area (Å²) in [4.78, 5) is 28.0. The van der Waals surface area contributed by atoms with Crippen molar-refractivity contribution < 1.29 is 14.3 Å². The van der Waals surface area contributed by atoms with Crippen molar-refractivity contribution in [2.75, 3.05) is 26.7 Å². The van der Waals surface area contributed by atoms with Crippen molar-refractivity contribution in [3.05, 3.63) is 29.8 Å². The zero-order valence-electron chi connectivity index (χ0n) is 15.2. The van der Waals surface area contributed by atoms with Gasteiger partial charge in [-0.25, -0.2) is 4.79 Å². The van der Waals surface area contributed by atoms with Gasteiger partial charge in [-0.3, -0.25) is 14.6 Å². The first-order chi connectivity index (χ1) is 11.9. The van der Waals surface area contributed by atoms with Crippen molar-refractivity contribution >= 4 is 11.9 Å². The second-order valence-electron chi connectivity index (χ2n) is 7.40. The van der Waals surface area contributed by atoms with Crippen LogP contribution in [0, 0.1) is 0 Å². The molecule has 3 rings (SSSR count). The maximum absolute atomic E-state index is 12.3. The Morgan fingerprint density at radius 2 is 2.08 bits per heavy atom. The van der Waals surface area contributed by atoms with E-state index in [0.29, 0.717) is 12.6 Å². The Morgan fingerprint density at radius 1 is 1.28 bits per heavy atom. The van der Waals surface area contributed by atoms with Crippen LogP contribution in [-0.4, -0.2) is 60.1 Å². The number of carbonyl (C=O) groups excluding carboxylic acids is 2. The normalized spacial score (nSPS) is 23.2. The number of carbonyl (C=O) groups is 2. The second kappa shape index (κ2) is 7.04. The first-order valence-corrected chi connectivity index (χ1v) is 8.92. The lowest BCUT2D eigenvalue weighted by molar-refractivity contribution is -0.130. The van der Waals surface area contributed by atoms with Crippen LogP contribution >= 0.6 is 0 Å². The van der Waals surface area contributed by atoms with Crippen LogP contribution in [0.1, 0.15) is 32.3 Å². The largest absolute Gasteiger partial charge is 0.497 e. The molecule has 1 unspecified atom stereocenters. The van der Waals surface area contributed by atoms with Crippen LogP contribution in [0.2, 0.25) is 0 Å². The van der Waals surface area contributed by atoms with E-state index in [1.54, 1.807) is 21.0 Å². The van der Waals surface area contributed by atoms with E-state index in [4.69, 9.17) is 4.74 Å². The predicted molar refractivity (Wildman–Crippen MR) is 95.6 cm³/mol. The fourth-order valence-corrected chi connectivity index (χ4v) is 3.74. The minimum Gasteiger partial charge on any atom is -0.497 e. The van der Waals surface area contributed by atoms with E-state index in [-0.39, 0.29) is 11.9 Å². The van der Waals surface area contributed by atoms with E-state index >= 15 is 0 Å². The molecule has 2 aliphatic rings. The number of methoxy groups -OCH3 is 1. The molecule has 0 saturated carbocycles. The summed E-state index contributed by atoms with van der Waals surface area (Å²) in [5.74, 6) is 0.740. The van der Waals surface area contributed by atoms with Gasteiger partial charge in [0.15, 0.2) is 0 Å². The molecule has 0 aromatic heterocycles. The highest BCUT2D eigenvalue weighted by atomic mass is 16.5. The monoisotopic (exact) mass is 345 g/mol. The standard InChI is InChI=1S/C19H27N3O3/c1-19(2)17(23)22(18(24)20-19)11-10-21-9-5-7-15(21)12-14-6-4-8-16(13-14)25-3/h4,6,8,13,15H,5,7,9-12H2,1-3H3,(H,20,24). The summed E-state index contributed by atoms with van der Waals surface area (Å²) in [5, 5.41) is 2.74. The van der Waals surface area contributed by atoms with Gasteiger partial charge in [0, 0.05) is 19.1 Å². The number of nitrogens with one attached hydrogen (secondary N) is 1. The highest BCUT2D eigenvalue weighted by Crippen LogP contribution is 2.23. The number of benzene rings is 1. The molecule has 2 fully saturated rings. The molecular formula is C19H27N3O3. The lowest BCUT2D eigenvalue weighted by Crippen LogP contribution is -2.43. The number of likely N-dealkylation sites (tertiary alicyclic amines) is 1. The number of hydrogen-bond acceptors (Lipinski definition) is 4. The van der Waals surface area contributed by atoms with Crippen molar-refractivity contribution in [2.24, 2.45) is 0 Å². The minimum atomic E-state index is -0.790. The molecule has 0 radical (unpaired) electrons. The van der Waals surface area contributed by atoms with Gasteiger partial charge in [-0.15, -0.1) is 0 Å². The van der Waals surface area contributed by atoms with Gasteiger partial charge in [0.2, 0.25) is 0 Å². The van der Waals surface area contributed by atoms with Crippen LogP contribution < -0.4 is 10.1 Å². The van der Waals surface area contributed by atoms with Crippen molar-refractivity contribution in [2.45, 2.75) is 44.7 Å². The highest BCUT2D eigenvalue weighted by molar-refractivity contribution is 6.06. The Labute approximate surface area is 149 Å². The van der Waals surface area contributed by atoms with Gasteiger partial charge in [-0.2, -0.15) is 0 Å². The number of imide groups is 1. The fraction of sp³-hybridized carbons (Fsp3) is 0.579. The lowest BCUT2D eigenvalue weighted by Gasteiger charge is -2.26. The molecule has 1 N–H and O–H groups in total. The van der Waals surface area contributed by atoms with Gasteiger partial charge in [0.25, 0.3) is 5.91 Å². The lowest BCUT2D eigenvalue weighted by atomic mass is 10.0. The number of urea groups is 1. The van der Waals surface area contributed by atoms with E-state index in [9.17, 15) is 9.59 Å². The minimum absolute atomic E-state index is 0.138. The summed E-state index contributed by atoms with van der Waals surface area (Å²) in [5.41, 5.74) is 0.467. The fourth-order valence-electron chi connectivity index (χ4n) is 3.74. The molecule has 0 bridgehead atoms. The van der Waals surface area contributed by atoms with Gasteiger partial charge < -0.3 is 10.1 Å². The quantitative estimate of drug-likeness (QED) is 0.802. The van der Waals surface area contributed by atoms with Crippen molar-refractivity contribution in [3.63, 3.8) is 0 Å². The zero-order valence-corrected chi connectivity index (χ0v) is 15.2. The van der Waals surface area contributed by atoms with Crippen molar-refractivity contribution in [1.29, 1.82) is 0 Å². The molecule has 2 heterocycles. The maximum Gasteiger partial charge on any atom is 0.325 e. The molecule has 3 amide bonds. The SMILES string of the molecule is COc1cccc(CC2CCCN2CCN2C(=O)NC(C)(C)C2=O)c1. The Balaban J connectivity index is 1.59. The zero-order chi connectivity index (χ0) is 18.0. The molecule has 2 aliphatic heterocycles. The summed E-state index contributed by atoms with van der Waals surface area (Å²) in [6, 6.07) is 8.34. The van der Waals surface area contributed by atoms with E-state index < -0.39 is 5.54 Å². The Bertz CT molecular complexity index is 659. The molecule has 25 heavy (non-hydrogen) atoms. The van der Waals surface area contributed by atoms with Gasteiger partial charge >= 0.3 is 6.03 Å². The first-order valence-electron chi connectivity index (χ1n) is 8.92. The number of ether oxygens (including phenoxy) is 1. The number of hydrogen-bond donors (Lipinski definition) is 1. The predicted octanol–water partition coefficient (Wildman–Crippen LogP) is 2.03. The van der Waals surface area contributed by atoms with Gasteiger partial charge in [0.1, 0.15) is 11.3 Å². The van der Waals surface area contributed by atoms with Crippen LogP contribution in [0.5, 0.6) is 5.75 Å². The van der Waals surface area contributed by atoms with Crippen LogP contribution in [0.3, 0.4) is 0 Å². The average Bonchev–Trinajstić information content (AvgIpc) is 3.08. The maximum atomic E-state index is 12.3. The molecule has 1 atom stereocenters. The molecular weight excluding hydrogens is 318 g/mol. The third kappa shape index (κ3) is 3.79. The molecule has 6 heteroatoms. The number of amides is 3. The van der Waals surface area contributed by atoms with Crippen LogP contribution in [-0.2, 0) is 11.2 Å². The van der Waals surface area contributed by atoms with Crippen molar-refractivity contribution in [1.82, 2.24) is 15.1 Å². The summed E-state index contributed by atoms with van der Waals surface area (Å²) in [6.45, 7) is 5.68. The first kappa shape index (κ1) is 17.7. The van der Waals surface area contributed by atoms with Gasteiger partial charge in [-0.05, 0) is 57.4 Å². The third-order valence-corrected chi connectivity index (χ3v) is 5.16. The number of rotatable bonds is 6. The van der Waals surface area contributed by atoms with Crippen LogP contribution in [0.25, 0.3) is 0 Å². The average molecular weight is 345 g/mol. The van der Waals surface area contributed by atoms with Crippen LogP contribution in [0.4, 0.5) is 4.79 Å². The number of nitrogens with zero attached hydrogens (tertiary/aromatic N) is 2. The molecule has 1 aromatic carbocycles. The summed E-state index contributed by atoms with van der Waals surface area (Å²) < 4.78 is 5.30. The molecule has 1 aromatic rings. The summed E-state index contributed by atoms with van der Waals surface area (Å²) in [6.07, 6.45) is 3.26. The second-order valence-corrected chi connectivity index (χ2v) is 7.40. The smallest absolute Gasteiger partial charge is 0.325 e.